The van der Waals surface area contributed by atoms with Crippen molar-refractivity contribution >= 4 is 11.9 Å². The number of ether oxygens (including phenoxy) is 2. The summed E-state index contributed by atoms with van der Waals surface area (Å²) in [4.78, 5) is 25.1. The van der Waals surface area contributed by atoms with Crippen LogP contribution < -0.4 is 0 Å². The Kier molecular flexibility index (Phi) is 6.68. The predicted molar refractivity (Wildman–Crippen MR) is 77.3 cm³/mol. The van der Waals surface area contributed by atoms with Gasteiger partial charge < -0.3 is 19.5 Å². The van der Waals surface area contributed by atoms with Crippen LogP contribution >= 0.6 is 0 Å². The molecule has 1 aromatic carbocycles. The number of esters is 1. The number of benzene rings is 1. The van der Waals surface area contributed by atoms with E-state index in [0.29, 0.717) is 13.2 Å². The van der Waals surface area contributed by atoms with E-state index in [1.807, 2.05) is 6.92 Å². The standard InChI is InChI=1S/C15H21NO5/c1-11-4-5-12(13(17)10-11)15(19)16(8-9-20-2)7-6-14(18)21-3/h4-5,10,17H,6-9H2,1-3H3. The van der Waals surface area contributed by atoms with Crippen LogP contribution in [-0.2, 0) is 14.3 Å². The van der Waals surface area contributed by atoms with Crippen LogP contribution in [0.3, 0.4) is 0 Å². The van der Waals surface area contributed by atoms with Crippen LogP contribution in [0.2, 0.25) is 0 Å². The van der Waals surface area contributed by atoms with E-state index in [9.17, 15) is 14.7 Å². The van der Waals surface area contributed by atoms with Crippen molar-refractivity contribution in [1.82, 2.24) is 4.90 Å². The number of carbonyl (C=O) groups excluding carboxylic acids is 2. The molecule has 0 aromatic heterocycles. The zero-order valence-electron chi connectivity index (χ0n) is 12.6. The lowest BCUT2D eigenvalue weighted by molar-refractivity contribution is -0.140. The number of nitrogens with zero attached hydrogens (tertiary/aromatic N) is 1. The van der Waals surface area contributed by atoms with Gasteiger partial charge in [-0.3, -0.25) is 9.59 Å². The van der Waals surface area contributed by atoms with E-state index in [2.05, 4.69) is 4.74 Å². The maximum atomic E-state index is 12.4. The lowest BCUT2D eigenvalue weighted by Gasteiger charge is -2.22. The fraction of sp³-hybridized carbons (Fsp3) is 0.467. The Morgan fingerprint density at radius 3 is 2.52 bits per heavy atom. The van der Waals surface area contributed by atoms with E-state index in [-0.39, 0.29) is 30.2 Å². The highest BCUT2D eigenvalue weighted by atomic mass is 16.5. The molecule has 0 radical (unpaired) electrons. The smallest absolute Gasteiger partial charge is 0.307 e. The van der Waals surface area contributed by atoms with Gasteiger partial charge in [0, 0.05) is 20.2 Å². The average molecular weight is 295 g/mol. The molecule has 1 aromatic rings. The first-order valence-electron chi connectivity index (χ1n) is 6.64. The molecule has 0 spiro atoms. The van der Waals surface area contributed by atoms with Crippen LogP contribution in [0, 0.1) is 6.92 Å². The Morgan fingerprint density at radius 2 is 1.95 bits per heavy atom. The molecule has 0 atom stereocenters. The molecule has 0 heterocycles. The molecular formula is C15H21NO5. The number of carbonyl (C=O) groups is 2. The number of aromatic hydroxyl groups is 1. The van der Waals surface area contributed by atoms with Gasteiger partial charge in [-0.05, 0) is 24.6 Å². The molecule has 0 aliphatic heterocycles. The van der Waals surface area contributed by atoms with E-state index in [0.717, 1.165) is 5.56 Å². The average Bonchev–Trinajstić information content (AvgIpc) is 2.46. The Labute approximate surface area is 124 Å². The van der Waals surface area contributed by atoms with Gasteiger partial charge >= 0.3 is 5.97 Å². The third kappa shape index (κ3) is 5.07. The third-order valence-corrected chi connectivity index (χ3v) is 3.05. The monoisotopic (exact) mass is 295 g/mol. The molecule has 21 heavy (non-hydrogen) atoms. The van der Waals surface area contributed by atoms with Crippen LogP contribution in [-0.4, -0.2) is 55.8 Å². The molecule has 0 saturated carbocycles. The SMILES string of the molecule is COCCN(CCC(=O)OC)C(=O)c1ccc(C)cc1O. The second-order valence-corrected chi connectivity index (χ2v) is 4.63. The summed E-state index contributed by atoms with van der Waals surface area (Å²) in [6.07, 6.45) is 0.0958. The summed E-state index contributed by atoms with van der Waals surface area (Å²) in [5.74, 6) is -0.799. The van der Waals surface area contributed by atoms with Gasteiger partial charge in [0.15, 0.2) is 0 Å². The maximum Gasteiger partial charge on any atom is 0.307 e. The predicted octanol–water partition coefficient (Wildman–Crippen LogP) is 1.35. The summed E-state index contributed by atoms with van der Waals surface area (Å²) in [6, 6.07) is 4.86. The minimum atomic E-state index is -0.390. The quantitative estimate of drug-likeness (QED) is 0.768. The third-order valence-electron chi connectivity index (χ3n) is 3.05. The Morgan fingerprint density at radius 1 is 1.24 bits per heavy atom. The van der Waals surface area contributed by atoms with E-state index >= 15 is 0 Å². The fourth-order valence-corrected chi connectivity index (χ4v) is 1.84. The first-order valence-corrected chi connectivity index (χ1v) is 6.64. The van der Waals surface area contributed by atoms with Gasteiger partial charge in [0.2, 0.25) is 0 Å². The van der Waals surface area contributed by atoms with Crippen molar-refractivity contribution in [1.29, 1.82) is 0 Å². The van der Waals surface area contributed by atoms with Gasteiger partial charge in [0.25, 0.3) is 5.91 Å². The topological polar surface area (TPSA) is 76.1 Å². The van der Waals surface area contributed by atoms with Crippen LogP contribution in [0.5, 0.6) is 5.75 Å². The largest absolute Gasteiger partial charge is 0.507 e. The number of hydrogen-bond donors (Lipinski definition) is 1. The highest BCUT2D eigenvalue weighted by molar-refractivity contribution is 5.97. The van der Waals surface area contributed by atoms with Gasteiger partial charge in [-0.25, -0.2) is 0 Å². The Bertz CT molecular complexity index is 501. The molecule has 116 valence electrons. The Hall–Kier alpha value is -2.08. The molecule has 1 rings (SSSR count). The van der Waals surface area contributed by atoms with Crippen molar-refractivity contribution in [2.24, 2.45) is 0 Å². The lowest BCUT2D eigenvalue weighted by Crippen LogP contribution is -2.35. The van der Waals surface area contributed by atoms with Crippen LogP contribution in [0.4, 0.5) is 0 Å². The van der Waals surface area contributed by atoms with Crippen LogP contribution in [0.1, 0.15) is 22.3 Å². The van der Waals surface area contributed by atoms with E-state index in [1.54, 1.807) is 12.1 Å². The summed E-state index contributed by atoms with van der Waals surface area (Å²) in [6.45, 7) is 2.72. The summed E-state index contributed by atoms with van der Waals surface area (Å²) >= 11 is 0. The van der Waals surface area contributed by atoms with Crippen molar-refractivity contribution in [2.75, 3.05) is 33.9 Å². The molecule has 0 unspecified atom stereocenters. The van der Waals surface area contributed by atoms with Crippen LogP contribution in [0.25, 0.3) is 0 Å². The molecule has 0 saturated heterocycles. The fourth-order valence-electron chi connectivity index (χ4n) is 1.84. The molecule has 0 aliphatic carbocycles. The van der Waals surface area contributed by atoms with Gasteiger partial charge in [-0.15, -0.1) is 0 Å². The molecule has 0 aliphatic rings. The van der Waals surface area contributed by atoms with Gasteiger partial charge in [-0.2, -0.15) is 0 Å². The number of phenolic OH excluding ortho intramolecular Hbond substituents is 1. The summed E-state index contributed by atoms with van der Waals surface area (Å²) in [7, 11) is 2.84. The molecule has 6 nitrogen and oxygen atoms in total. The van der Waals surface area contributed by atoms with Crippen molar-refractivity contribution < 1.29 is 24.2 Å². The molecule has 1 N–H and O–H groups in total. The zero-order chi connectivity index (χ0) is 15.8. The number of hydrogen-bond acceptors (Lipinski definition) is 5. The number of phenols is 1. The summed E-state index contributed by atoms with van der Waals surface area (Å²) < 4.78 is 9.54. The first-order chi connectivity index (χ1) is 9.99. The van der Waals surface area contributed by atoms with E-state index in [1.165, 1.54) is 25.2 Å². The number of aryl methyl sites for hydroxylation is 1. The molecular weight excluding hydrogens is 274 g/mol. The van der Waals surface area contributed by atoms with Crippen molar-refractivity contribution in [2.45, 2.75) is 13.3 Å². The highest BCUT2D eigenvalue weighted by Gasteiger charge is 2.19. The lowest BCUT2D eigenvalue weighted by atomic mass is 10.1. The highest BCUT2D eigenvalue weighted by Crippen LogP contribution is 2.20. The number of rotatable bonds is 7. The maximum absolute atomic E-state index is 12.4. The minimum Gasteiger partial charge on any atom is -0.507 e. The molecule has 0 bridgehead atoms. The van der Waals surface area contributed by atoms with Crippen molar-refractivity contribution in [3.05, 3.63) is 29.3 Å². The van der Waals surface area contributed by atoms with Gasteiger partial charge in [-0.1, -0.05) is 6.07 Å². The van der Waals surface area contributed by atoms with Gasteiger partial charge in [0.1, 0.15) is 5.75 Å². The van der Waals surface area contributed by atoms with E-state index in [4.69, 9.17) is 4.74 Å². The second kappa shape index (κ2) is 8.26. The summed E-state index contributed by atoms with van der Waals surface area (Å²) in [5.41, 5.74) is 1.07. The van der Waals surface area contributed by atoms with Gasteiger partial charge in [0.05, 0.1) is 25.7 Å². The minimum absolute atomic E-state index is 0.0690. The number of amides is 1. The second-order valence-electron chi connectivity index (χ2n) is 4.63. The molecule has 6 heteroatoms. The normalized spacial score (nSPS) is 10.2. The van der Waals surface area contributed by atoms with Crippen LogP contribution in [0.15, 0.2) is 18.2 Å². The summed E-state index contributed by atoms with van der Waals surface area (Å²) in [5, 5.41) is 9.89. The van der Waals surface area contributed by atoms with Crippen molar-refractivity contribution in [3.8, 4) is 5.75 Å². The number of methoxy groups -OCH3 is 2. The van der Waals surface area contributed by atoms with E-state index < -0.39 is 5.97 Å². The molecule has 1 amide bonds. The Balaban J connectivity index is 2.85. The zero-order valence-corrected chi connectivity index (χ0v) is 12.6. The molecule has 0 fully saturated rings. The van der Waals surface area contributed by atoms with Crippen molar-refractivity contribution in [3.63, 3.8) is 0 Å². The first kappa shape index (κ1) is 17.0.